The van der Waals surface area contributed by atoms with Crippen LogP contribution in [0.5, 0.6) is 11.5 Å². The molecular formula is C14H16N4O4. The van der Waals surface area contributed by atoms with Crippen molar-refractivity contribution in [2.75, 3.05) is 20.3 Å². The molecule has 0 radical (unpaired) electrons. The number of ether oxygens (including phenoxy) is 3. The number of hydrogen-bond donors (Lipinski definition) is 1. The monoisotopic (exact) mass is 304 g/mol. The zero-order valence-corrected chi connectivity index (χ0v) is 12.3. The fourth-order valence-corrected chi connectivity index (χ4v) is 1.74. The molecule has 22 heavy (non-hydrogen) atoms. The number of esters is 1. The maximum absolute atomic E-state index is 11.3. The average molecular weight is 304 g/mol. The number of aromatic nitrogens is 3. The Kier molecular flexibility index (Phi) is 5.07. The van der Waals surface area contributed by atoms with E-state index in [-0.39, 0.29) is 12.4 Å². The molecule has 0 aliphatic carbocycles. The summed E-state index contributed by atoms with van der Waals surface area (Å²) >= 11 is 0. The van der Waals surface area contributed by atoms with Crippen molar-refractivity contribution in [2.45, 2.75) is 6.92 Å². The van der Waals surface area contributed by atoms with Crippen LogP contribution in [0.3, 0.4) is 0 Å². The summed E-state index contributed by atoms with van der Waals surface area (Å²) in [5, 5.41) is 15.4. The molecule has 0 amide bonds. The van der Waals surface area contributed by atoms with E-state index in [0.29, 0.717) is 23.7 Å². The van der Waals surface area contributed by atoms with Crippen LogP contribution < -0.4 is 9.47 Å². The van der Waals surface area contributed by atoms with E-state index in [1.807, 2.05) is 0 Å². The van der Waals surface area contributed by atoms with Gasteiger partial charge in [0.25, 0.3) is 0 Å². The normalized spacial score (nSPS) is 10.1. The van der Waals surface area contributed by atoms with Gasteiger partial charge in [-0.15, -0.1) is 10.2 Å². The third-order valence-corrected chi connectivity index (χ3v) is 2.76. The van der Waals surface area contributed by atoms with E-state index in [2.05, 4.69) is 10.2 Å². The van der Waals surface area contributed by atoms with E-state index in [0.717, 1.165) is 0 Å². The van der Waals surface area contributed by atoms with Crippen LogP contribution in [0.15, 0.2) is 30.9 Å². The summed E-state index contributed by atoms with van der Waals surface area (Å²) < 4.78 is 16.9. The molecule has 116 valence electrons. The van der Waals surface area contributed by atoms with E-state index in [1.54, 1.807) is 25.1 Å². The summed E-state index contributed by atoms with van der Waals surface area (Å²) in [6.45, 7) is 1.82. The highest BCUT2D eigenvalue weighted by Gasteiger charge is 2.12. The van der Waals surface area contributed by atoms with E-state index in [4.69, 9.17) is 19.6 Å². The van der Waals surface area contributed by atoms with Gasteiger partial charge < -0.3 is 14.2 Å². The van der Waals surface area contributed by atoms with Gasteiger partial charge in [-0.1, -0.05) is 0 Å². The summed E-state index contributed by atoms with van der Waals surface area (Å²) in [4.78, 5) is 11.3. The molecule has 0 saturated carbocycles. The molecule has 8 heteroatoms. The maximum Gasteiger partial charge on any atom is 0.344 e. The molecular weight excluding hydrogens is 288 g/mol. The molecule has 0 saturated heterocycles. The minimum Gasteiger partial charge on any atom is -0.493 e. The largest absolute Gasteiger partial charge is 0.493 e. The molecule has 8 nitrogen and oxygen atoms in total. The number of carbonyl (C=O) groups is 1. The molecule has 0 spiro atoms. The van der Waals surface area contributed by atoms with Crippen LogP contribution in [-0.2, 0) is 9.53 Å². The average Bonchev–Trinajstić information content (AvgIpc) is 3.06. The Hall–Kier alpha value is -2.90. The maximum atomic E-state index is 11.3. The zero-order chi connectivity index (χ0) is 15.9. The van der Waals surface area contributed by atoms with Gasteiger partial charge in [-0.2, -0.15) is 0 Å². The minimum atomic E-state index is -0.453. The Morgan fingerprint density at radius 2 is 2.00 bits per heavy atom. The van der Waals surface area contributed by atoms with Crippen molar-refractivity contribution in [1.29, 1.82) is 5.41 Å². The van der Waals surface area contributed by atoms with Gasteiger partial charge in [-0.3, -0.25) is 9.98 Å². The Bertz CT molecular complexity index is 655. The second kappa shape index (κ2) is 7.21. The Morgan fingerprint density at radius 3 is 2.64 bits per heavy atom. The van der Waals surface area contributed by atoms with Crippen molar-refractivity contribution in [1.82, 2.24) is 14.8 Å². The lowest BCUT2D eigenvalue weighted by atomic mass is 10.2. The summed E-state index contributed by atoms with van der Waals surface area (Å²) in [6.07, 6.45) is 2.86. The highest BCUT2D eigenvalue weighted by Crippen LogP contribution is 2.28. The van der Waals surface area contributed by atoms with Crippen molar-refractivity contribution < 1.29 is 19.0 Å². The third-order valence-electron chi connectivity index (χ3n) is 2.76. The van der Waals surface area contributed by atoms with Crippen molar-refractivity contribution in [2.24, 2.45) is 0 Å². The quantitative estimate of drug-likeness (QED) is 0.487. The standard InChI is InChI=1S/C14H16N4O4/c1-3-21-13(19)7-22-11-5-4-10(6-12(11)20-2)14(15)18-8-16-17-9-18/h4-6,8-9,15H,3,7H2,1-2H3. The number of rotatable bonds is 6. The van der Waals surface area contributed by atoms with Gasteiger partial charge >= 0.3 is 5.97 Å². The first-order valence-electron chi connectivity index (χ1n) is 6.56. The predicted octanol–water partition coefficient (Wildman–Crippen LogP) is 1.10. The molecule has 2 rings (SSSR count). The van der Waals surface area contributed by atoms with Crippen LogP contribution in [0.1, 0.15) is 12.5 Å². The first-order chi connectivity index (χ1) is 10.7. The van der Waals surface area contributed by atoms with Crippen LogP contribution >= 0.6 is 0 Å². The molecule has 0 bridgehead atoms. The van der Waals surface area contributed by atoms with Gasteiger partial charge in [0, 0.05) is 5.56 Å². The summed E-state index contributed by atoms with van der Waals surface area (Å²) in [6, 6.07) is 4.96. The highest BCUT2D eigenvalue weighted by atomic mass is 16.6. The van der Waals surface area contributed by atoms with Gasteiger partial charge in [0.15, 0.2) is 18.1 Å². The lowest BCUT2D eigenvalue weighted by molar-refractivity contribution is -0.145. The molecule has 0 aliphatic rings. The first kappa shape index (κ1) is 15.5. The minimum absolute atomic E-state index is 0.195. The smallest absolute Gasteiger partial charge is 0.344 e. The summed E-state index contributed by atoms with van der Waals surface area (Å²) in [7, 11) is 1.48. The van der Waals surface area contributed by atoms with Gasteiger partial charge in [-0.25, -0.2) is 4.79 Å². The SMILES string of the molecule is CCOC(=O)COc1ccc(C(=N)n2cnnc2)cc1OC. The fourth-order valence-electron chi connectivity index (χ4n) is 1.74. The molecule has 1 N–H and O–H groups in total. The van der Waals surface area contributed by atoms with Crippen LogP contribution in [0.2, 0.25) is 0 Å². The fraction of sp³-hybridized carbons (Fsp3) is 0.286. The van der Waals surface area contributed by atoms with Crippen LogP contribution in [0.4, 0.5) is 0 Å². The van der Waals surface area contributed by atoms with Crippen LogP contribution in [0.25, 0.3) is 0 Å². The topological polar surface area (TPSA) is 99.3 Å². The molecule has 1 aromatic heterocycles. The number of methoxy groups -OCH3 is 1. The predicted molar refractivity (Wildman–Crippen MR) is 77.4 cm³/mol. The van der Waals surface area contributed by atoms with E-state index in [1.165, 1.54) is 24.3 Å². The number of nitrogens with one attached hydrogen (secondary N) is 1. The van der Waals surface area contributed by atoms with E-state index < -0.39 is 5.97 Å². The zero-order valence-electron chi connectivity index (χ0n) is 12.3. The summed E-state index contributed by atoms with van der Waals surface area (Å²) in [5.74, 6) is 0.557. The van der Waals surface area contributed by atoms with Gasteiger partial charge in [0.2, 0.25) is 0 Å². The number of carbonyl (C=O) groups excluding carboxylic acids is 1. The third kappa shape index (κ3) is 3.60. The molecule has 0 fully saturated rings. The van der Waals surface area contributed by atoms with E-state index in [9.17, 15) is 4.79 Å². The van der Waals surface area contributed by atoms with Crippen LogP contribution in [-0.4, -0.2) is 46.9 Å². The van der Waals surface area contributed by atoms with Gasteiger partial charge in [0.1, 0.15) is 18.5 Å². The molecule has 0 aliphatic heterocycles. The first-order valence-corrected chi connectivity index (χ1v) is 6.56. The summed E-state index contributed by atoms with van der Waals surface area (Å²) in [5.41, 5.74) is 0.597. The van der Waals surface area contributed by atoms with Gasteiger partial charge in [0.05, 0.1) is 13.7 Å². The second-order valence-electron chi connectivity index (χ2n) is 4.18. The van der Waals surface area contributed by atoms with Crippen molar-refractivity contribution in [3.8, 4) is 11.5 Å². The van der Waals surface area contributed by atoms with Crippen molar-refractivity contribution in [3.05, 3.63) is 36.4 Å². The molecule has 2 aromatic rings. The Balaban J connectivity index is 2.14. The highest BCUT2D eigenvalue weighted by molar-refractivity contribution is 5.98. The Labute approximate surface area is 127 Å². The van der Waals surface area contributed by atoms with Crippen molar-refractivity contribution >= 4 is 11.8 Å². The molecule has 1 heterocycles. The lowest BCUT2D eigenvalue weighted by Gasteiger charge is -2.12. The molecule has 0 atom stereocenters. The molecule has 0 unspecified atom stereocenters. The second-order valence-corrected chi connectivity index (χ2v) is 4.18. The lowest BCUT2D eigenvalue weighted by Crippen LogP contribution is -2.15. The number of nitrogens with zero attached hydrogens (tertiary/aromatic N) is 3. The Morgan fingerprint density at radius 1 is 1.27 bits per heavy atom. The van der Waals surface area contributed by atoms with E-state index >= 15 is 0 Å². The van der Waals surface area contributed by atoms with Crippen molar-refractivity contribution in [3.63, 3.8) is 0 Å². The number of benzene rings is 1. The van der Waals surface area contributed by atoms with Crippen LogP contribution in [0, 0.1) is 5.41 Å². The number of hydrogen-bond acceptors (Lipinski definition) is 7. The van der Waals surface area contributed by atoms with Gasteiger partial charge in [-0.05, 0) is 25.1 Å². The molecule has 1 aromatic carbocycles.